The fourth-order valence-corrected chi connectivity index (χ4v) is 2.93. The first-order valence-electron chi connectivity index (χ1n) is 8.29. The minimum Gasteiger partial charge on any atom is -0.508 e. The number of benzene rings is 3. The van der Waals surface area contributed by atoms with Gasteiger partial charge < -0.3 is 10.4 Å². The van der Waals surface area contributed by atoms with E-state index in [9.17, 15) is 9.90 Å². The summed E-state index contributed by atoms with van der Waals surface area (Å²) in [6.07, 6.45) is 2.00. The summed E-state index contributed by atoms with van der Waals surface area (Å²) >= 11 is 0. The Morgan fingerprint density at radius 2 is 1.81 bits per heavy atom. The van der Waals surface area contributed by atoms with Crippen LogP contribution in [-0.4, -0.2) is 20.6 Å². The quantitative estimate of drug-likeness (QED) is 0.590. The van der Waals surface area contributed by atoms with Gasteiger partial charge in [0.05, 0.1) is 17.5 Å². The Bertz CT molecular complexity index is 1070. The Morgan fingerprint density at radius 1 is 1.00 bits per heavy atom. The van der Waals surface area contributed by atoms with Crippen molar-refractivity contribution < 1.29 is 9.90 Å². The summed E-state index contributed by atoms with van der Waals surface area (Å²) in [6.45, 7) is 0. The second-order valence-electron chi connectivity index (χ2n) is 6.05. The van der Waals surface area contributed by atoms with E-state index < -0.39 is 0 Å². The average Bonchev–Trinajstić information content (AvgIpc) is 3.06. The topological polar surface area (TPSA) is 67.2 Å². The number of aromatic nitrogens is 2. The molecule has 5 heteroatoms. The summed E-state index contributed by atoms with van der Waals surface area (Å²) in [4.78, 5) is 16.6. The van der Waals surface area contributed by atoms with E-state index in [1.807, 2.05) is 59.2 Å². The molecule has 0 fully saturated rings. The number of anilines is 1. The van der Waals surface area contributed by atoms with Crippen LogP contribution in [0.1, 0.15) is 5.56 Å². The van der Waals surface area contributed by atoms with Crippen LogP contribution >= 0.6 is 0 Å². The van der Waals surface area contributed by atoms with Crippen LogP contribution in [-0.2, 0) is 11.2 Å². The van der Waals surface area contributed by atoms with Gasteiger partial charge in [-0.15, -0.1) is 0 Å². The average molecular weight is 343 g/mol. The number of phenols is 1. The Balaban J connectivity index is 1.48. The van der Waals surface area contributed by atoms with Crippen LogP contribution in [0.25, 0.3) is 16.7 Å². The minimum atomic E-state index is -0.128. The minimum absolute atomic E-state index is 0.128. The van der Waals surface area contributed by atoms with Gasteiger partial charge in [-0.3, -0.25) is 9.36 Å². The van der Waals surface area contributed by atoms with E-state index in [-0.39, 0.29) is 18.1 Å². The molecule has 0 aliphatic rings. The third-order valence-electron chi connectivity index (χ3n) is 4.16. The van der Waals surface area contributed by atoms with Crippen molar-refractivity contribution in [2.45, 2.75) is 6.42 Å². The van der Waals surface area contributed by atoms with Gasteiger partial charge in [0, 0.05) is 11.4 Å². The van der Waals surface area contributed by atoms with Gasteiger partial charge in [-0.25, -0.2) is 4.98 Å². The number of nitrogens with one attached hydrogen (secondary N) is 1. The van der Waals surface area contributed by atoms with E-state index in [1.54, 1.807) is 24.5 Å². The largest absolute Gasteiger partial charge is 0.508 e. The second-order valence-corrected chi connectivity index (χ2v) is 6.05. The van der Waals surface area contributed by atoms with Crippen LogP contribution in [0.4, 0.5) is 5.69 Å². The van der Waals surface area contributed by atoms with E-state index in [0.29, 0.717) is 0 Å². The molecule has 1 amide bonds. The molecule has 0 atom stereocenters. The standard InChI is InChI=1S/C21H17N3O2/c25-18-5-3-4-15(12-18)13-21(26)23-16-8-10-17(11-9-16)24-14-22-19-6-1-2-7-20(19)24/h1-12,14,25H,13H2,(H,23,26). The summed E-state index contributed by atoms with van der Waals surface area (Å²) in [5.41, 5.74) is 4.45. The maximum absolute atomic E-state index is 12.2. The molecule has 4 rings (SSSR count). The van der Waals surface area contributed by atoms with E-state index in [1.165, 1.54) is 0 Å². The molecule has 5 nitrogen and oxygen atoms in total. The summed E-state index contributed by atoms with van der Waals surface area (Å²) in [7, 11) is 0. The van der Waals surface area contributed by atoms with Gasteiger partial charge in [-0.05, 0) is 54.1 Å². The van der Waals surface area contributed by atoms with Gasteiger partial charge >= 0.3 is 0 Å². The van der Waals surface area contributed by atoms with Gasteiger partial charge in [0.2, 0.25) is 5.91 Å². The number of rotatable bonds is 4. The predicted octanol–water partition coefficient (Wildman–Crippen LogP) is 3.91. The first-order valence-corrected chi connectivity index (χ1v) is 8.29. The molecule has 2 N–H and O–H groups in total. The van der Waals surface area contributed by atoms with E-state index in [2.05, 4.69) is 10.3 Å². The number of fused-ring (bicyclic) bond motifs is 1. The molecule has 0 aliphatic carbocycles. The molecule has 0 saturated heterocycles. The smallest absolute Gasteiger partial charge is 0.228 e. The SMILES string of the molecule is O=C(Cc1cccc(O)c1)Nc1ccc(-n2cnc3ccccc32)cc1. The number of carbonyl (C=O) groups is 1. The van der Waals surface area contributed by atoms with Crippen LogP contribution in [0.2, 0.25) is 0 Å². The zero-order valence-corrected chi connectivity index (χ0v) is 14.0. The number of para-hydroxylation sites is 2. The van der Waals surface area contributed by atoms with Crippen LogP contribution < -0.4 is 5.32 Å². The zero-order valence-electron chi connectivity index (χ0n) is 14.0. The molecule has 0 spiro atoms. The molecule has 1 aromatic heterocycles. The maximum Gasteiger partial charge on any atom is 0.228 e. The molecular formula is C21H17N3O2. The lowest BCUT2D eigenvalue weighted by molar-refractivity contribution is -0.115. The van der Waals surface area contributed by atoms with E-state index in [4.69, 9.17) is 0 Å². The number of hydrogen-bond donors (Lipinski definition) is 2. The molecule has 0 bridgehead atoms. The van der Waals surface area contributed by atoms with Crippen LogP contribution in [0, 0.1) is 0 Å². The maximum atomic E-state index is 12.2. The zero-order chi connectivity index (χ0) is 17.9. The Hall–Kier alpha value is -3.60. The molecule has 0 aliphatic heterocycles. The Morgan fingerprint density at radius 3 is 2.62 bits per heavy atom. The highest BCUT2D eigenvalue weighted by atomic mass is 16.3. The molecule has 4 aromatic rings. The van der Waals surface area contributed by atoms with Gasteiger partial charge in [0.25, 0.3) is 0 Å². The van der Waals surface area contributed by atoms with Crippen molar-refractivity contribution in [1.29, 1.82) is 0 Å². The third-order valence-corrected chi connectivity index (χ3v) is 4.16. The van der Waals surface area contributed by atoms with Gasteiger partial charge in [0.15, 0.2) is 0 Å². The third kappa shape index (κ3) is 3.28. The molecule has 3 aromatic carbocycles. The number of carbonyl (C=O) groups excluding carboxylic acids is 1. The predicted molar refractivity (Wildman–Crippen MR) is 102 cm³/mol. The normalized spacial score (nSPS) is 10.8. The van der Waals surface area contributed by atoms with Crippen LogP contribution in [0.15, 0.2) is 79.1 Å². The Labute approximate surface area is 150 Å². The van der Waals surface area contributed by atoms with Crippen molar-refractivity contribution in [3.8, 4) is 11.4 Å². The fraction of sp³-hybridized carbons (Fsp3) is 0.0476. The van der Waals surface area contributed by atoms with Crippen LogP contribution in [0.5, 0.6) is 5.75 Å². The number of imidazole rings is 1. The van der Waals surface area contributed by atoms with Gasteiger partial charge in [-0.2, -0.15) is 0 Å². The Kier molecular flexibility index (Phi) is 4.11. The van der Waals surface area contributed by atoms with Crippen molar-refractivity contribution in [3.05, 3.63) is 84.7 Å². The molecule has 0 saturated carbocycles. The van der Waals surface area contributed by atoms with Crippen molar-refractivity contribution in [2.75, 3.05) is 5.32 Å². The van der Waals surface area contributed by atoms with Gasteiger partial charge in [-0.1, -0.05) is 24.3 Å². The lowest BCUT2D eigenvalue weighted by atomic mass is 10.1. The summed E-state index contributed by atoms with van der Waals surface area (Å²) in [5, 5.41) is 12.3. The highest BCUT2D eigenvalue weighted by Crippen LogP contribution is 2.20. The number of phenolic OH excluding ortho intramolecular Hbond substituents is 1. The number of hydrogen-bond acceptors (Lipinski definition) is 3. The monoisotopic (exact) mass is 343 g/mol. The first kappa shape index (κ1) is 15.9. The summed E-state index contributed by atoms with van der Waals surface area (Å²) in [6, 6.07) is 22.3. The van der Waals surface area contributed by atoms with Crippen molar-refractivity contribution >= 4 is 22.6 Å². The molecule has 0 radical (unpaired) electrons. The van der Waals surface area contributed by atoms with Crippen molar-refractivity contribution in [1.82, 2.24) is 9.55 Å². The van der Waals surface area contributed by atoms with E-state index >= 15 is 0 Å². The number of aromatic hydroxyl groups is 1. The number of nitrogens with zero attached hydrogens (tertiary/aromatic N) is 2. The van der Waals surface area contributed by atoms with Crippen molar-refractivity contribution in [2.24, 2.45) is 0 Å². The summed E-state index contributed by atoms with van der Waals surface area (Å²) < 4.78 is 2.01. The highest BCUT2D eigenvalue weighted by Gasteiger charge is 2.07. The second kappa shape index (κ2) is 6.72. The fourth-order valence-electron chi connectivity index (χ4n) is 2.93. The molecule has 26 heavy (non-hydrogen) atoms. The van der Waals surface area contributed by atoms with Gasteiger partial charge in [0.1, 0.15) is 12.1 Å². The van der Waals surface area contributed by atoms with Crippen molar-refractivity contribution in [3.63, 3.8) is 0 Å². The molecular weight excluding hydrogens is 326 g/mol. The number of amides is 1. The van der Waals surface area contributed by atoms with Crippen LogP contribution in [0.3, 0.4) is 0 Å². The molecule has 128 valence electrons. The highest BCUT2D eigenvalue weighted by molar-refractivity contribution is 5.92. The lowest BCUT2D eigenvalue weighted by Gasteiger charge is -2.08. The first-order chi connectivity index (χ1) is 12.7. The molecule has 0 unspecified atom stereocenters. The summed E-state index contributed by atoms with van der Waals surface area (Å²) in [5.74, 6) is 0.0312. The van der Waals surface area contributed by atoms with E-state index in [0.717, 1.165) is 28.0 Å². The molecule has 1 heterocycles. The lowest BCUT2D eigenvalue weighted by Crippen LogP contribution is -2.14.